The summed E-state index contributed by atoms with van der Waals surface area (Å²) < 4.78 is 5.19. The first-order valence-electron chi connectivity index (χ1n) is 6.16. The topological polar surface area (TPSA) is 66.0 Å². The van der Waals surface area contributed by atoms with E-state index in [4.69, 9.17) is 9.68 Å². The minimum atomic E-state index is -0.0386. The van der Waals surface area contributed by atoms with Gasteiger partial charge in [-0.25, -0.2) is 0 Å². The van der Waals surface area contributed by atoms with Gasteiger partial charge in [-0.3, -0.25) is 4.79 Å². The first-order chi connectivity index (χ1) is 9.69. The van der Waals surface area contributed by atoms with E-state index >= 15 is 0 Å². The van der Waals surface area contributed by atoms with Gasteiger partial charge in [0, 0.05) is 22.8 Å². The molecule has 0 saturated carbocycles. The van der Waals surface area contributed by atoms with E-state index in [1.165, 1.54) is 0 Å². The van der Waals surface area contributed by atoms with Crippen molar-refractivity contribution >= 4 is 23.4 Å². The molecule has 0 spiro atoms. The molecule has 2 rings (SSSR count). The van der Waals surface area contributed by atoms with Gasteiger partial charge in [-0.1, -0.05) is 0 Å². The molecule has 0 aliphatic rings. The molecule has 20 heavy (non-hydrogen) atoms. The van der Waals surface area contributed by atoms with Crippen LogP contribution in [0.2, 0.25) is 0 Å². The zero-order valence-corrected chi connectivity index (χ0v) is 11.9. The quantitative estimate of drug-likeness (QED) is 0.853. The molecule has 1 aromatic carbocycles. The van der Waals surface area contributed by atoms with E-state index < -0.39 is 0 Å². The van der Waals surface area contributed by atoms with E-state index in [2.05, 4.69) is 5.32 Å². The third-order valence-corrected chi connectivity index (χ3v) is 3.84. The smallest absolute Gasteiger partial charge is 0.225 e. The zero-order chi connectivity index (χ0) is 14.4. The Balaban J connectivity index is 1.78. The third-order valence-electron chi connectivity index (χ3n) is 2.70. The van der Waals surface area contributed by atoms with Crippen molar-refractivity contribution in [2.24, 2.45) is 0 Å². The largest absolute Gasteiger partial charge is 0.468 e. The van der Waals surface area contributed by atoms with Crippen LogP contribution in [0.3, 0.4) is 0 Å². The molecule has 1 aromatic heterocycles. The van der Waals surface area contributed by atoms with Gasteiger partial charge in [0.15, 0.2) is 0 Å². The van der Waals surface area contributed by atoms with Crippen LogP contribution in [0.4, 0.5) is 5.69 Å². The number of anilines is 1. The molecule has 5 heteroatoms. The molecule has 2 aromatic rings. The Morgan fingerprint density at radius 1 is 1.35 bits per heavy atom. The van der Waals surface area contributed by atoms with Gasteiger partial charge in [-0.2, -0.15) is 5.26 Å². The number of amides is 1. The maximum atomic E-state index is 11.8. The number of hydrogen-bond acceptors (Lipinski definition) is 4. The van der Waals surface area contributed by atoms with Crippen LogP contribution in [0.5, 0.6) is 0 Å². The van der Waals surface area contributed by atoms with Gasteiger partial charge in [0.25, 0.3) is 0 Å². The normalized spacial score (nSPS) is 10.0. The Hall–Kier alpha value is -2.19. The first-order valence-corrected chi connectivity index (χ1v) is 7.14. The molecule has 102 valence electrons. The second kappa shape index (κ2) is 6.83. The Morgan fingerprint density at radius 2 is 2.10 bits per heavy atom. The van der Waals surface area contributed by atoms with Crippen molar-refractivity contribution in [3.05, 3.63) is 47.9 Å². The monoisotopic (exact) mass is 286 g/mol. The summed E-state index contributed by atoms with van der Waals surface area (Å²) in [7, 11) is 0. The van der Waals surface area contributed by atoms with Crippen LogP contribution in [0.1, 0.15) is 17.7 Å². The predicted molar refractivity (Wildman–Crippen MR) is 78.6 cm³/mol. The molecule has 0 bridgehead atoms. The summed E-state index contributed by atoms with van der Waals surface area (Å²) in [6, 6.07) is 10.8. The van der Waals surface area contributed by atoms with E-state index in [1.807, 2.05) is 19.1 Å². The number of aryl methyl sites for hydroxylation is 1. The third kappa shape index (κ3) is 3.90. The minimum absolute atomic E-state index is 0.0386. The standard InChI is InChI=1S/C15H14N2O2S/c1-11-14(6-8-19-11)20-9-7-15(18)17-13-4-2-12(10-16)3-5-13/h2-6,8H,7,9H2,1H3,(H,17,18). The molecule has 1 amide bonds. The molecule has 0 atom stereocenters. The Kier molecular flexibility index (Phi) is 4.85. The molecule has 1 N–H and O–H groups in total. The van der Waals surface area contributed by atoms with Gasteiger partial charge in [-0.05, 0) is 37.3 Å². The SMILES string of the molecule is Cc1occc1SCCC(=O)Nc1ccc(C#N)cc1. The summed E-state index contributed by atoms with van der Waals surface area (Å²) in [4.78, 5) is 12.8. The van der Waals surface area contributed by atoms with E-state index in [-0.39, 0.29) is 5.91 Å². The van der Waals surface area contributed by atoms with Crippen molar-refractivity contribution in [1.29, 1.82) is 5.26 Å². The number of thioether (sulfide) groups is 1. The van der Waals surface area contributed by atoms with Crippen molar-refractivity contribution in [2.75, 3.05) is 11.1 Å². The lowest BCUT2D eigenvalue weighted by atomic mass is 10.2. The second-order valence-electron chi connectivity index (χ2n) is 4.18. The van der Waals surface area contributed by atoms with E-state index in [0.29, 0.717) is 23.4 Å². The van der Waals surface area contributed by atoms with Crippen LogP contribution in [0.15, 0.2) is 45.9 Å². The van der Waals surface area contributed by atoms with Crippen LogP contribution < -0.4 is 5.32 Å². The van der Waals surface area contributed by atoms with E-state index in [9.17, 15) is 4.79 Å². The van der Waals surface area contributed by atoms with Crippen LogP contribution in [0.25, 0.3) is 0 Å². The van der Waals surface area contributed by atoms with Crippen molar-refractivity contribution in [3.63, 3.8) is 0 Å². The Labute approximate surface area is 121 Å². The summed E-state index contributed by atoms with van der Waals surface area (Å²) in [6.07, 6.45) is 2.07. The van der Waals surface area contributed by atoms with Crippen LogP contribution in [0, 0.1) is 18.3 Å². The number of benzene rings is 1. The first kappa shape index (κ1) is 14.2. The van der Waals surface area contributed by atoms with Crippen LogP contribution in [-0.2, 0) is 4.79 Å². The summed E-state index contributed by atoms with van der Waals surface area (Å²) in [5.74, 6) is 1.54. The Morgan fingerprint density at radius 3 is 2.70 bits per heavy atom. The lowest BCUT2D eigenvalue weighted by Crippen LogP contribution is -2.12. The molecule has 0 aliphatic carbocycles. The minimum Gasteiger partial charge on any atom is -0.468 e. The highest BCUT2D eigenvalue weighted by atomic mass is 32.2. The molecule has 0 aliphatic heterocycles. The Bertz CT molecular complexity index is 626. The van der Waals surface area contributed by atoms with Gasteiger partial charge in [-0.15, -0.1) is 11.8 Å². The van der Waals surface area contributed by atoms with Crippen molar-refractivity contribution in [3.8, 4) is 6.07 Å². The summed E-state index contributed by atoms with van der Waals surface area (Å²) >= 11 is 1.60. The van der Waals surface area contributed by atoms with Crippen LogP contribution >= 0.6 is 11.8 Å². The highest BCUT2D eigenvalue weighted by Crippen LogP contribution is 2.23. The van der Waals surface area contributed by atoms with Crippen LogP contribution in [-0.4, -0.2) is 11.7 Å². The number of rotatable bonds is 5. The number of nitrogens with zero attached hydrogens (tertiary/aromatic N) is 1. The molecule has 0 radical (unpaired) electrons. The van der Waals surface area contributed by atoms with Gasteiger partial charge in [0.2, 0.25) is 5.91 Å². The molecule has 0 fully saturated rings. The fourth-order valence-electron chi connectivity index (χ4n) is 1.63. The number of nitriles is 1. The van der Waals surface area contributed by atoms with Crippen molar-refractivity contribution in [2.45, 2.75) is 18.2 Å². The highest BCUT2D eigenvalue weighted by Gasteiger charge is 2.05. The average molecular weight is 286 g/mol. The van der Waals surface area contributed by atoms with E-state index in [0.717, 1.165) is 10.7 Å². The number of carbonyl (C=O) groups is 1. The lowest BCUT2D eigenvalue weighted by Gasteiger charge is -2.05. The molecular formula is C15H14N2O2S. The number of nitrogens with one attached hydrogen (secondary N) is 1. The van der Waals surface area contributed by atoms with Gasteiger partial charge in [0.1, 0.15) is 5.76 Å². The predicted octanol–water partition coefficient (Wildman–Crippen LogP) is 3.58. The summed E-state index contributed by atoms with van der Waals surface area (Å²) in [5, 5.41) is 11.5. The lowest BCUT2D eigenvalue weighted by molar-refractivity contribution is -0.115. The highest BCUT2D eigenvalue weighted by molar-refractivity contribution is 7.99. The van der Waals surface area contributed by atoms with Gasteiger partial charge < -0.3 is 9.73 Å². The number of carbonyl (C=O) groups excluding carboxylic acids is 1. The number of furan rings is 1. The van der Waals surface area contributed by atoms with Crippen molar-refractivity contribution in [1.82, 2.24) is 0 Å². The zero-order valence-electron chi connectivity index (χ0n) is 11.1. The molecular weight excluding hydrogens is 272 g/mol. The maximum absolute atomic E-state index is 11.8. The fraction of sp³-hybridized carbons (Fsp3) is 0.200. The maximum Gasteiger partial charge on any atom is 0.225 e. The average Bonchev–Trinajstić information content (AvgIpc) is 2.85. The van der Waals surface area contributed by atoms with Gasteiger partial charge in [0.05, 0.1) is 17.9 Å². The molecule has 1 heterocycles. The fourth-order valence-corrected chi connectivity index (χ4v) is 2.54. The summed E-state index contributed by atoms with van der Waals surface area (Å²) in [5.41, 5.74) is 1.28. The number of hydrogen-bond donors (Lipinski definition) is 1. The molecule has 0 saturated heterocycles. The second-order valence-corrected chi connectivity index (χ2v) is 5.31. The summed E-state index contributed by atoms with van der Waals surface area (Å²) in [6.45, 7) is 1.90. The van der Waals surface area contributed by atoms with E-state index in [1.54, 1.807) is 42.3 Å². The molecule has 4 nitrogen and oxygen atoms in total. The molecule has 0 unspecified atom stereocenters. The van der Waals surface area contributed by atoms with Gasteiger partial charge >= 0.3 is 0 Å². The van der Waals surface area contributed by atoms with Crippen molar-refractivity contribution < 1.29 is 9.21 Å².